The highest BCUT2D eigenvalue weighted by molar-refractivity contribution is 6.33. The van der Waals surface area contributed by atoms with E-state index in [0.717, 1.165) is 57.5 Å². The molecule has 0 bridgehead atoms. The normalized spacial score (nSPS) is 15.7. The van der Waals surface area contributed by atoms with E-state index in [2.05, 4.69) is 20.2 Å². The van der Waals surface area contributed by atoms with E-state index >= 15 is 0 Å². The van der Waals surface area contributed by atoms with Crippen LogP contribution in [0, 0.1) is 6.92 Å². The summed E-state index contributed by atoms with van der Waals surface area (Å²) in [5, 5.41) is 14.3. The van der Waals surface area contributed by atoms with Gasteiger partial charge in [-0.15, -0.1) is 0 Å². The number of benzene rings is 1. The zero-order valence-corrected chi connectivity index (χ0v) is 21.5. The fourth-order valence-corrected chi connectivity index (χ4v) is 5.34. The van der Waals surface area contributed by atoms with Crippen molar-refractivity contribution >= 4 is 45.2 Å². The van der Waals surface area contributed by atoms with Crippen molar-refractivity contribution in [1.82, 2.24) is 24.1 Å². The molecule has 10 heteroatoms. The lowest BCUT2D eigenvalue weighted by Crippen LogP contribution is -2.24. The van der Waals surface area contributed by atoms with Gasteiger partial charge in [0.2, 0.25) is 0 Å². The largest absolute Gasteiger partial charge is 0.391 e. The van der Waals surface area contributed by atoms with E-state index in [4.69, 9.17) is 16.6 Å². The Morgan fingerprint density at radius 3 is 2.65 bits per heavy atom. The van der Waals surface area contributed by atoms with Crippen molar-refractivity contribution in [3.63, 3.8) is 0 Å². The highest BCUT2D eigenvalue weighted by atomic mass is 35.5. The fraction of sp³-hybridized carbons (Fsp3) is 0.259. The molecule has 6 rings (SSSR count). The van der Waals surface area contributed by atoms with Crippen LogP contribution in [0.5, 0.6) is 0 Å². The van der Waals surface area contributed by atoms with E-state index in [-0.39, 0.29) is 11.8 Å². The number of imidazole rings is 1. The SMILES string of the molecule is CNc1ncc(-c2ccc3ncc4c(c3c2)n(-c2ccc(N3CC[C@H](O)C3)nc2C)c(=O)n4C)cc1Cl. The van der Waals surface area contributed by atoms with Gasteiger partial charge in [-0.1, -0.05) is 17.7 Å². The zero-order valence-electron chi connectivity index (χ0n) is 20.7. The number of hydrogen-bond donors (Lipinski definition) is 2. The minimum atomic E-state index is -0.338. The first kappa shape index (κ1) is 23.4. The average Bonchev–Trinajstić information content (AvgIpc) is 3.44. The summed E-state index contributed by atoms with van der Waals surface area (Å²) < 4.78 is 3.32. The molecule has 0 amide bonds. The van der Waals surface area contributed by atoms with Crippen LogP contribution in [0.25, 0.3) is 38.8 Å². The van der Waals surface area contributed by atoms with Gasteiger partial charge in [-0.05, 0) is 49.2 Å². The molecule has 2 N–H and O–H groups in total. The maximum atomic E-state index is 13.5. The number of pyridine rings is 3. The molecule has 5 heterocycles. The minimum Gasteiger partial charge on any atom is -0.391 e. The molecule has 4 aromatic heterocycles. The van der Waals surface area contributed by atoms with Crippen molar-refractivity contribution in [1.29, 1.82) is 0 Å². The van der Waals surface area contributed by atoms with Gasteiger partial charge in [-0.25, -0.2) is 14.8 Å². The second-order valence-electron chi connectivity index (χ2n) is 9.37. The summed E-state index contributed by atoms with van der Waals surface area (Å²) in [6.45, 7) is 3.23. The third-order valence-corrected chi connectivity index (χ3v) is 7.35. The lowest BCUT2D eigenvalue weighted by molar-refractivity contribution is 0.198. The number of halogens is 1. The summed E-state index contributed by atoms with van der Waals surface area (Å²) in [7, 11) is 3.53. The van der Waals surface area contributed by atoms with Gasteiger partial charge in [-0.3, -0.25) is 14.1 Å². The first-order valence-corrected chi connectivity index (χ1v) is 12.5. The van der Waals surface area contributed by atoms with Crippen LogP contribution in [0.4, 0.5) is 11.6 Å². The summed E-state index contributed by atoms with van der Waals surface area (Å²) >= 11 is 6.40. The summed E-state index contributed by atoms with van der Waals surface area (Å²) in [4.78, 5) is 29.4. The molecule has 0 unspecified atom stereocenters. The molecule has 0 radical (unpaired) electrons. The Kier molecular flexibility index (Phi) is 5.62. The molecule has 1 atom stereocenters. The number of aliphatic hydroxyl groups excluding tert-OH is 1. The number of aliphatic hydroxyl groups is 1. The molecular formula is C27H26ClN7O2. The summed E-state index contributed by atoms with van der Waals surface area (Å²) in [6.07, 6.45) is 3.89. The Morgan fingerprint density at radius 1 is 1.11 bits per heavy atom. The summed E-state index contributed by atoms with van der Waals surface area (Å²) in [6, 6.07) is 11.7. The standard InChI is InChI=1S/C27H26ClN7O2/c1-15-22(6-7-24(32-15)34-9-8-18(36)14-34)35-25-19-10-16(17-11-20(28)26(29-2)31-12-17)4-5-21(19)30-13-23(25)33(3)27(35)37/h4-7,10-13,18,36H,8-9,14H2,1-3H3,(H,29,31)/t18-/m0/s1. The van der Waals surface area contributed by atoms with Crippen molar-refractivity contribution < 1.29 is 5.11 Å². The van der Waals surface area contributed by atoms with Crippen LogP contribution in [0.1, 0.15) is 12.1 Å². The van der Waals surface area contributed by atoms with Crippen molar-refractivity contribution in [2.24, 2.45) is 7.05 Å². The summed E-state index contributed by atoms with van der Waals surface area (Å²) in [5.74, 6) is 1.41. The van der Waals surface area contributed by atoms with Gasteiger partial charge in [0.05, 0.1) is 45.3 Å². The van der Waals surface area contributed by atoms with Crippen LogP contribution in [0.2, 0.25) is 5.02 Å². The maximum Gasteiger partial charge on any atom is 0.333 e. The predicted octanol–water partition coefficient (Wildman–Crippen LogP) is 3.91. The van der Waals surface area contributed by atoms with Crippen molar-refractivity contribution in [3.8, 4) is 16.8 Å². The molecule has 1 aliphatic rings. The highest BCUT2D eigenvalue weighted by Crippen LogP contribution is 2.32. The maximum absolute atomic E-state index is 13.5. The molecule has 9 nitrogen and oxygen atoms in total. The Labute approximate surface area is 218 Å². The Hall–Kier alpha value is -3.95. The number of nitrogens with one attached hydrogen (secondary N) is 1. The molecule has 0 aliphatic carbocycles. The molecule has 1 aromatic carbocycles. The molecule has 188 valence electrons. The molecule has 37 heavy (non-hydrogen) atoms. The van der Waals surface area contributed by atoms with E-state index in [1.165, 1.54) is 0 Å². The second-order valence-corrected chi connectivity index (χ2v) is 9.78. The molecular weight excluding hydrogens is 490 g/mol. The Bertz CT molecular complexity index is 1740. The van der Waals surface area contributed by atoms with Gasteiger partial charge in [0.15, 0.2) is 0 Å². The predicted molar refractivity (Wildman–Crippen MR) is 147 cm³/mol. The number of nitrogens with zero attached hydrogens (tertiary/aromatic N) is 6. The van der Waals surface area contributed by atoms with Crippen LogP contribution >= 0.6 is 11.6 Å². The first-order valence-electron chi connectivity index (χ1n) is 12.1. The monoisotopic (exact) mass is 515 g/mol. The highest BCUT2D eigenvalue weighted by Gasteiger charge is 2.23. The molecule has 0 spiro atoms. The van der Waals surface area contributed by atoms with Crippen LogP contribution in [0.15, 0.2) is 53.6 Å². The lowest BCUT2D eigenvalue weighted by Gasteiger charge is -2.18. The molecule has 1 saturated heterocycles. The quantitative estimate of drug-likeness (QED) is 0.374. The minimum absolute atomic E-state index is 0.174. The van der Waals surface area contributed by atoms with E-state index in [1.54, 1.807) is 35.6 Å². The number of fused-ring (bicyclic) bond motifs is 3. The number of hydrogen-bond acceptors (Lipinski definition) is 7. The lowest BCUT2D eigenvalue weighted by atomic mass is 10.0. The summed E-state index contributed by atoms with van der Waals surface area (Å²) in [5.41, 5.74) is 5.30. The number of anilines is 2. The molecule has 0 saturated carbocycles. The second kappa shape index (κ2) is 8.86. The van der Waals surface area contributed by atoms with E-state index < -0.39 is 0 Å². The van der Waals surface area contributed by atoms with Crippen LogP contribution in [-0.4, -0.2) is 55.4 Å². The van der Waals surface area contributed by atoms with Gasteiger partial charge in [0.1, 0.15) is 11.6 Å². The van der Waals surface area contributed by atoms with Gasteiger partial charge < -0.3 is 15.3 Å². The van der Waals surface area contributed by atoms with E-state index in [9.17, 15) is 9.90 Å². The smallest absolute Gasteiger partial charge is 0.333 e. The van der Waals surface area contributed by atoms with Crippen LogP contribution < -0.4 is 15.9 Å². The third kappa shape index (κ3) is 3.82. The van der Waals surface area contributed by atoms with Gasteiger partial charge >= 0.3 is 5.69 Å². The molecule has 1 fully saturated rings. The average molecular weight is 516 g/mol. The topological polar surface area (TPSA) is 101 Å². The molecule has 1 aliphatic heterocycles. The van der Waals surface area contributed by atoms with Gasteiger partial charge in [0.25, 0.3) is 0 Å². The Morgan fingerprint density at radius 2 is 1.95 bits per heavy atom. The Balaban J connectivity index is 1.55. The van der Waals surface area contributed by atoms with Crippen molar-refractivity contribution in [3.05, 3.63) is 70.0 Å². The number of rotatable bonds is 4. The third-order valence-electron chi connectivity index (χ3n) is 7.07. The zero-order chi connectivity index (χ0) is 25.8. The van der Waals surface area contributed by atoms with E-state index in [0.29, 0.717) is 23.1 Å². The number of aromatic nitrogens is 5. The molecule has 5 aromatic rings. The fourth-order valence-electron chi connectivity index (χ4n) is 5.08. The first-order chi connectivity index (χ1) is 17.9. The number of aryl methyl sites for hydroxylation is 2. The van der Waals surface area contributed by atoms with E-state index in [1.807, 2.05) is 43.3 Å². The number of β-amino-alcohol motifs (C(OH)–C–C–N with tert-alkyl or cyclic N) is 1. The van der Waals surface area contributed by atoms with Crippen LogP contribution in [-0.2, 0) is 7.05 Å². The van der Waals surface area contributed by atoms with Crippen LogP contribution in [0.3, 0.4) is 0 Å². The van der Waals surface area contributed by atoms with Gasteiger partial charge in [0, 0.05) is 44.3 Å². The van der Waals surface area contributed by atoms with Gasteiger partial charge in [-0.2, -0.15) is 0 Å². The van der Waals surface area contributed by atoms with Crippen molar-refractivity contribution in [2.45, 2.75) is 19.4 Å². The van der Waals surface area contributed by atoms with Crippen molar-refractivity contribution in [2.75, 3.05) is 30.4 Å².